The van der Waals surface area contributed by atoms with Gasteiger partial charge in [-0.3, -0.25) is 4.79 Å². The van der Waals surface area contributed by atoms with Gasteiger partial charge in [-0.25, -0.2) is 4.98 Å². The van der Waals surface area contributed by atoms with Crippen LogP contribution in [0, 0.1) is 0 Å². The van der Waals surface area contributed by atoms with Gasteiger partial charge >= 0.3 is 5.97 Å². The second-order valence-corrected chi connectivity index (χ2v) is 2.68. The number of carbonyl (C=O) groups is 1. The third kappa shape index (κ3) is 1.96. The van der Waals surface area contributed by atoms with Crippen molar-refractivity contribution in [3.05, 3.63) is 17.2 Å². The molecule has 0 aromatic carbocycles. The molecule has 12 heavy (non-hydrogen) atoms. The zero-order valence-electron chi connectivity index (χ0n) is 6.12. The van der Waals surface area contributed by atoms with E-state index < -0.39 is 12.0 Å². The van der Waals surface area contributed by atoms with E-state index in [1.54, 1.807) is 0 Å². The van der Waals surface area contributed by atoms with E-state index in [0.29, 0.717) is 5.69 Å². The van der Waals surface area contributed by atoms with Crippen LogP contribution in [0.1, 0.15) is 5.69 Å². The van der Waals surface area contributed by atoms with Crippen LogP contribution in [0.5, 0.6) is 0 Å². The van der Waals surface area contributed by atoms with Crippen molar-refractivity contribution in [2.45, 2.75) is 12.5 Å². The van der Waals surface area contributed by atoms with Crippen LogP contribution in [0.4, 0.5) is 0 Å². The first-order valence-electron chi connectivity index (χ1n) is 3.27. The second-order valence-electron chi connectivity index (χ2n) is 2.32. The molecule has 1 aromatic rings. The maximum Gasteiger partial charge on any atom is 0.320 e. The molecular formula is C6H8ClN3O2. The van der Waals surface area contributed by atoms with Gasteiger partial charge in [0.05, 0.1) is 12.0 Å². The molecule has 0 amide bonds. The van der Waals surface area contributed by atoms with Crippen LogP contribution >= 0.6 is 11.6 Å². The molecule has 1 rings (SSSR count). The minimum Gasteiger partial charge on any atom is -0.480 e. The Kier molecular flexibility index (Phi) is 2.67. The minimum absolute atomic E-state index is 0.161. The first kappa shape index (κ1) is 9.02. The molecule has 0 bridgehead atoms. The fraction of sp³-hybridized carbons (Fsp3) is 0.333. The Labute approximate surface area is 73.6 Å². The lowest BCUT2D eigenvalue weighted by Crippen LogP contribution is -2.32. The Bertz CT molecular complexity index is 286. The van der Waals surface area contributed by atoms with Gasteiger partial charge in [0.2, 0.25) is 0 Å². The molecule has 0 radical (unpaired) electrons. The lowest BCUT2D eigenvalue weighted by Gasteiger charge is -2.03. The number of rotatable bonds is 3. The van der Waals surface area contributed by atoms with Gasteiger partial charge in [-0.15, -0.1) is 0 Å². The van der Waals surface area contributed by atoms with Crippen LogP contribution in [0.25, 0.3) is 0 Å². The third-order valence-corrected chi connectivity index (χ3v) is 1.73. The van der Waals surface area contributed by atoms with Crippen LogP contribution in [0.15, 0.2) is 6.33 Å². The Balaban J connectivity index is 2.64. The quantitative estimate of drug-likeness (QED) is 0.625. The maximum absolute atomic E-state index is 10.3. The van der Waals surface area contributed by atoms with Crippen LogP contribution in [-0.2, 0) is 11.2 Å². The number of nitrogens with one attached hydrogen (secondary N) is 1. The molecule has 0 aliphatic rings. The van der Waals surface area contributed by atoms with Crippen LogP contribution in [0.2, 0.25) is 5.15 Å². The van der Waals surface area contributed by atoms with E-state index in [4.69, 9.17) is 22.4 Å². The zero-order chi connectivity index (χ0) is 9.14. The van der Waals surface area contributed by atoms with Crippen molar-refractivity contribution in [3.63, 3.8) is 0 Å². The monoisotopic (exact) mass is 189 g/mol. The fourth-order valence-electron chi connectivity index (χ4n) is 0.755. The number of hydrogen-bond donors (Lipinski definition) is 3. The van der Waals surface area contributed by atoms with Gasteiger partial charge in [0.1, 0.15) is 11.2 Å². The van der Waals surface area contributed by atoms with E-state index in [1.807, 2.05) is 0 Å². The molecule has 1 aromatic heterocycles. The summed E-state index contributed by atoms with van der Waals surface area (Å²) in [4.78, 5) is 16.7. The summed E-state index contributed by atoms with van der Waals surface area (Å²) in [7, 11) is 0. The Morgan fingerprint density at radius 1 is 1.92 bits per heavy atom. The van der Waals surface area contributed by atoms with Gasteiger partial charge in [0.25, 0.3) is 0 Å². The molecule has 1 atom stereocenters. The summed E-state index contributed by atoms with van der Waals surface area (Å²) in [6, 6.07) is -0.942. The summed E-state index contributed by atoms with van der Waals surface area (Å²) in [5, 5.41) is 8.74. The van der Waals surface area contributed by atoms with E-state index in [0.717, 1.165) is 0 Å². The number of aromatic amines is 1. The number of H-pyrrole nitrogens is 1. The molecule has 4 N–H and O–H groups in total. The van der Waals surface area contributed by atoms with Crippen molar-refractivity contribution < 1.29 is 9.90 Å². The van der Waals surface area contributed by atoms with Crippen molar-refractivity contribution in [3.8, 4) is 0 Å². The molecule has 66 valence electrons. The molecule has 1 heterocycles. The standard InChI is InChI=1S/C6H8ClN3O2/c7-5-4(9-2-10-5)1-3(8)6(11)12/h2-3H,1,8H2,(H,9,10)(H,11,12). The van der Waals surface area contributed by atoms with Crippen molar-refractivity contribution >= 4 is 17.6 Å². The first-order chi connectivity index (χ1) is 5.61. The summed E-state index contributed by atoms with van der Waals surface area (Å²) in [6.45, 7) is 0. The largest absolute Gasteiger partial charge is 0.480 e. The summed E-state index contributed by atoms with van der Waals surface area (Å²) >= 11 is 5.60. The summed E-state index contributed by atoms with van der Waals surface area (Å²) in [5.41, 5.74) is 5.82. The average Bonchev–Trinajstić information content (AvgIpc) is 2.36. The highest BCUT2D eigenvalue weighted by Crippen LogP contribution is 2.10. The van der Waals surface area contributed by atoms with Gasteiger partial charge in [0, 0.05) is 6.42 Å². The highest BCUT2D eigenvalue weighted by Gasteiger charge is 2.14. The molecule has 0 saturated heterocycles. The van der Waals surface area contributed by atoms with Crippen LogP contribution in [-0.4, -0.2) is 27.1 Å². The van der Waals surface area contributed by atoms with Gasteiger partial charge < -0.3 is 15.8 Å². The smallest absolute Gasteiger partial charge is 0.320 e. The lowest BCUT2D eigenvalue weighted by molar-refractivity contribution is -0.138. The second kappa shape index (κ2) is 3.55. The Morgan fingerprint density at radius 2 is 2.58 bits per heavy atom. The fourth-order valence-corrected chi connectivity index (χ4v) is 0.935. The summed E-state index contributed by atoms with van der Waals surface area (Å²) < 4.78 is 0. The van der Waals surface area contributed by atoms with Gasteiger partial charge in [-0.2, -0.15) is 0 Å². The maximum atomic E-state index is 10.3. The molecular weight excluding hydrogens is 182 g/mol. The summed E-state index contributed by atoms with van der Waals surface area (Å²) in [5.74, 6) is -1.05. The molecule has 6 heteroatoms. The zero-order valence-corrected chi connectivity index (χ0v) is 6.88. The third-order valence-electron chi connectivity index (χ3n) is 1.41. The molecule has 0 saturated carbocycles. The lowest BCUT2D eigenvalue weighted by atomic mass is 10.2. The van der Waals surface area contributed by atoms with Crippen molar-refractivity contribution in [2.24, 2.45) is 5.73 Å². The molecule has 0 spiro atoms. The van der Waals surface area contributed by atoms with E-state index in [9.17, 15) is 4.79 Å². The van der Waals surface area contributed by atoms with Crippen molar-refractivity contribution in [1.29, 1.82) is 0 Å². The van der Waals surface area contributed by atoms with E-state index in [-0.39, 0.29) is 11.6 Å². The number of aliphatic carboxylic acids is 1. The average molecular weight is 190 g/mol. The number of halogens is 1. The number of carboxylic acid groups (broad SMARTS) is 1. The number of imidazole rings is 1. The van der Waals surface area contributed by atoms with Crippen molar-refractivity contribution in [1.82, 2.24) is 9.97 Å². The number of carboxylic acids is 1. The molecule has 1 unspecified atom stereocenters. The Hall–Kier alpha value is -1.07. The molecule has 0 fully saturated rings. The van der Waals surface area contributed by atoms with Crippen LogP contribution in [0.3, 0.4) is 0 Å². The highest BCUT2D eigenvalue weighted by molar-refractivity contribution is 6.30. The topological polar surface area (TPSA) is 92.0 Å². The van der Waals surface area contributed by atoms with E-state index in [1.165, 1.54) is 6.33 Å². The van der Waals surface area contributed by atoms with Crippen LogP contribution < -0.4 is 5.73 Å². The number of aromatic nitrogens is 2. The normalized spacial score (nSPS) is 12.8. The van der Waals surface area contributed by atoms with Gasteiger partial charge in [0.15, 0.2) is 0 Å². The van der Waals surface area contributed by atoms with Crippen molar-refractivity contribution in [2.75, 3.05) is 0 Å². The van der Waals surface area contributed by atoms with Gasteiger partial charge in [-0.05, 0) is 0 Å². The predicted molar refractivity (Wildman–Crippen MR) is 42.9 cm³/mol. The molecule has 0 aliphatic heterocycles. The highest BCUT2D eigenvalue weighted by atomic mass is 35.5. The number of nitrogens with two attached hydrogens (primary N) is 1. The Morgan fingerprint density at radius 3 is 3.00 bits per heavy atom. The number of hydrogen-bond acceptors (Lipinski definition) is 3. The van der Waals surface area contributed by atoms with E-state index in [2.05, 4.69) is 9.97 Å². The van der Waals surface area contributed by atoms with E-state index >= 15 is 0 Å². The minimum atomic E-state index is -1.05. The summed E-state index contributed by atoms with van der Waals surface area (Å²) in [6.07, 6.45) is 1.56. The number of nitrogens with zero attached hydrogens (tertiary/aromatic N) is 1. The van der Waals surface area contributed by atoms with Gasteiger partial charge in [-0.1, -0.05) is 11.6 Å². The first-order valence-corrected chi connectivity index (χ1v) is 3.65. The predicted octanol–water partition coefficient (Wildman–Crippen LogP) is 0.0175. The molecule has 5 nitrogen and oxygen atoms in total. The SMILES string of the molecule is NC(Cc1[nH]cnc1Cl)C(=O)O. The molecule has 0 aliphatic carbocycles.